The molecular weight excluding hydrogens is 350 g/mol. The van der Waals surface area contributed by atoms with Gasteiger partial charge in [-0.3, -0.25) is 10.2 Å². The molecule has 8 N–H and O–H groups in total. The van der Waals surface area contributed by atoms with E-state index in [0.29, 0.717) is 24.4 Å². The van der Waals surface area contributed by atoms with E-state index in [1.54, 1.807) is 6.07 Å². The van der Waals surface area contributed by atoms with Gasteiger partial charge in [-0.15, -0.1) is 11.8 Å². The van der Waals surface area contributed by atoms with E-state index in [9.17, 15) is 14.4 Å². The van der Waals surface area contributed by atoms with Crippen molar-refractivity contribution in [2.75, 3.05) is 11.1 Å². The first-order chi connectivity index (χ1) is 11.7. The number of thioether (sulfide) groups is 1. The van der Waals surface area contributed by atoms with Gasteiger partial charge < -0.3 is 27.0 Å². The van der Waals surface area contributed by atoms with Gasteiger partial charge in [0.2, 0.25) is 5.91 Å². The standard InChI is InChI=1S/C10H15N5OS.C4H4O4/c11-7(16)3-2-6-17-9-5-1-4-8(14-9)15-10(12)13;5-3(6)1-2-4(7)8/h1,4-5H,2-3,6H2,(H2,11,16)(H4,12,13,14,15);1-2H,(H,5,6)(H,7,8)/b;2-1-. The van der Waals surface area contributed by atoms with E-state index < -0.39 is 11.9 Å². The van der Waals surface area contributed by atoms with Gasteiger partial charge in [0.25, 0.3) is 0 Å². The summed E-state index contributed by atoms with van der Waals surface area (Å²) in [5.41, 5.74) is 10.2. The summed E-state index contributed by atoms with van der Waals surface area (Å²) in [4.78, 5) is 33.9. The number of carboxylic acid groups (broad SMARTS) is 2. The van der Waals surface area contributed by atoms with Crippen molar-refractivity contribution in [3.05, 3.63) is 30.4 Å². The molecule has 0 saturated carbocycles. The fourth-order valence-electron chi connectivity index (χ4n) is 1.27. The largest absolute Gasteiger partial charge is 0.478 e. The molecule has 10 nitrogen and oxygen atoms in total. The van der Waals surface area contributed by atoms with Crippen molar-refractivity contribution in [3.8, 4) is 0 Å². The van der Waals surface area contributed by atoms with E-state index in [-0.39, 0.29) is 11.9 Å². The van der Waals surface area contributed by atoms with Gasteiger partial charge in [0.1, 0.15) is 5.82 Å². The van der Waals surface area contributed by atoms with Crippen molar-refractivity contribution in [1.29, 1.82) is 5.41 Å². The molecule has 11 heteroatoms. The monoisotopic (exact) mass is 369 g/mol. The number of carbonyl (C=O) groups excluding carboxylic acids is 1. The Kier molecular flexibility index (Phi) is 10.8. The maximum atomic E-state index is 10.5. The number of nitrogens with one attached hydrogen (secondary N) is 2. The second kappa shape index (κ2) is 12.4. The number of pyridine rings is 1. The van der Waals surface area contributed by atoms with Crippen LogP contribution in [0.25, 0.3) is 0 Å². The summed E-state index contributed by atoms with van der Waals surface area (Å²) in [6.45, 7) is 0. The third kappa shape index (κ3) is 14.3. The first-order valence-electron chi connectivity index (χ1n) is 6.84. The van der Waals surface area contributed by atoms with Crippen LogP contribution < -0.4 is 16.8 Å². The number of carbonyl (C=O) groups is 3. The van der Waals surface area contributed by atoms with Crippen molar-refractivity contribution < 1.29 is 24.6 Å². The number of rotatable bonds is 8. The number of anilines is 1. The van der Waals surface area contributed by atoms with Crippen LogP contribution in [0.3, 0.4) is 0 Å². The van der Waals surface area contributed by atoms with Crippen LogP contribution in [0.2, 0.25) is 0 Å². The molecule has 0 atom stereocenters. The molecule has 136 valence electrons. The third-order valence-corrected chi connectivity index (χ3v) is 3.19. The van der Waals surface area contributed by atoms with Crippen LogP contribution in [-0.2, 0) is 14.4 Å². The van der Waals surface area contributed by atoms with Crippen molar-refractivity contribution >= 4 is 41.4 Å². The van der Waals surface area contributed by atoms with Crippen LogP contribution >= 0.6 is 11.8 Å². The number of primary amides is 1. The molecule has 0 unspecified atom stereocenters. The average molecular weight is 369 g/mol. The Bertz CT molecular complexity index is 634. The minimum absolute atomic E-state index is 0.145. The quantitative estimate of drug-likeness (QED) is 0.124. The average Bonchev–Trinajstić information content (AvgIpc) is 2.50. The molecule has 0 aromatic carbocycles. The van der Waals surface area contributed by atoms with Crippen LogP contribution in [0, 0.1) is 5.41 Å². The highest BCUT2D eigenvalue weighted by Gasteiger charge is 2.00. The maximum absolute atomic E-state index is 10.5. The van der Waals surface area contributed by atoms with Gasteiger partial charge in [-0.05, 0) is 24.3 Å². The summed E-state index contributed by atoms with van der Waals surface area (Å²) in [6.07, 6.45) is 2.23. The zero-order valence-corrected chi connectivity index (χ0v) is 14.0. The zero-order valence-electron chi connectivity index (χ0n) is 13.1. The highest BCUT2D eigenvalue weighted by atomic mass is 32.2. The minimum atomic E-state index is -1.26. The van der Waals surface area contributed by atoms with Crippen molar-refractivity contribution in [3.63, 3.8) is 0 Å². The second-order valence-corrected chi connectivity index (χ2v) is 5.44. The highest BCUT2D eigenvalue weighted by Crippen LogP contribution is 2.18. The van der Waals surface area contributed by atoms with Gasteiger partial charge in [-0.2, -0.15) is 0 Å². The van der Waals surface area contributed by atoms with E-state index in [1.165, 1.54) is 11.8 Å². The smallest absolute Gasteiger partial charge is 0.328 e. The fraction of sp³-hybridized carbons (Fsp3) is 0.214. The van der Waals surface area contributed by atoms with Gasteiger partial charge in [0, 0.05) is 18.6 Å². The number of guanidine groups is 1. The van der Waals surface area contributed by atoms with E-state index in [0.717, 1.165) is 17.2 Å². The first-order valence-corrected chi connectivity index (χ1v) is 7.82. The molecule has 0 spiro atoms. The summed E-state index contributed by atoms with van der Waals surface area (Å²) in [5.74, 6) is -1.63. The molecule has 0 saturated heterocycles. The minimum Gasteiger partial charge on any atom is -0.478 e. The lowest BCUT2D eigenvalue weighted by atomic mass is 10.3. The Morgan fingerprint density at radius 1 is 1.20 bits per heavy atom. The summed E-state index contributed by atoms with van der Waals surface area (Å²) in [6, 6.07) is 5.42. The van der Waals surface area contributed by atoms with E-state index >= 15 is 0 Å². The Balaban J connectivity index is 0.000000609. The molecule has 1 amide bonds. The van der Waals surface area contributed by atoms with Gasteiger partial charge in [-0.25, -0.2) is 14.6 Å². The summed E-state index contributed by atoms with van der Waals surface area (Å²) in [5, 5.41) is 26.1. The zero-order chi connectivity index (χ0) is 19.2. The number of aliphatic carboxylic acids is 2. The van der Waals surface area contributed by atoms with E-state index in [2.05, 4.69) is 10.3 Å². The molecule has 25 heavy (non-hydrogen) atoms. The molecule has 0 radical (unpaired) electrons. The van der Waals surface area contributed by atoms with E-state index in [4.69, 9.17) is 27.1 Å². The second-order valence-electron chi connectivity index (χ2n) is 4.33. The van der Waals surface area contributed by atoms with Crippen LogP contribution in [0.1, 0.15) is 12.8 Å². The normalized spacial score (nSPS) is 9.76. The molecule has 1 heterocycles. The molecule has 1 aromatic heterocycles. The van der Waals surface area contributed by atoms with Crippen molar-refractivity contribution in [1.82, 2.24) is 4.98 Å². The fourth-order valence-corrected chi connectivity index (χ4v) is 2.10. The number of hydrogen-bond acceptors (Lipinski definition) is 6. The maximum Gasteiger partial charge on any atom is 0.328 e. The molecule has 1 aromatic rings. The Morgan fingerprint density at radius 3 is 2.28 bits per heavy atom. The summed E-state index contributed by atoms with van der Waals surface area (Å²) in [7, 11) is 0. The van der Waals surface area contributed by atoms with Crippen LogP contribution in [0.4, 0.5) is 5.82 Å². The molecule has 0 fully saturated rings. The number of aromatic nitrogens is 1. The van der Waals surface area contributed by atoms with E-state index in [1.807, 2.05) is 12.1 Å². The number of carboxylic acids is 2. The molecule has 0 aliphatic heterocycles. The third-order valence-electron chi connectivity index (χ3n) is 2.17. The lowest BCUT2D eigenvalue weighted by molar-refractivity contribution is -0.134. The van der Waals surface area contributed by atoms with Gasteiger partial charge in [0.15, 0.2) is 5.96 Å². The predicted octanol–water partition coefficient (Wildman–Crippen LogP) is 0.456. The molecule has 1 rings (SSSR count). The summed E-state index contributed by atoms with van der Waals surface area (Å²) >= 11 is 1.53. The number of amides is 1. The topological polar surface area (TPSA) is 192 Å². The Morgan fingerprint density at radius 2 is 1.80 bits per heavy atom. The lowest BCUT2D eigenvalue weighted by Gasteiger charge is -2.05. The summed E-state index contributed by atoms with van der Waals surface area (Å²) < 4.78 is 0. The van der Waals surface area contributed by atoms with Gasteiger partial charge >= 0.3 is 11.9 Å². The highest BCUT2D eigenvalue weighted by molar-refractivity contribution is 7.99. The SMILES string of the molecule is N=C(N)Nc1cccc(SCCCC(N)=O)n1.O=C(O)/C=C\C(=O)O. The Labute approximate surface area is 147 Å². The predicted molar refractivity (Wildman–Crippen MR) is 93.3 cm³/mol. The van der Waals surface area contributed by atoms with Gasteiger partial charge in [-0.1, -0.05) is 6.07 Å². The number of nitrogens with zero attached hydrogens (tertiary/aromatic N) is 1. The van der Waals surface area contributed by atoms with Crippen LogP contribution in [0.15, 0.2) is 35.4 Å². The van der Waals surface area contributed by atoms with Crippen LogP contribution in [-0.4, -0.2) is 44.8 Å². The Hall–Kier alpha value is -3.08. The lowest BCUT2D eigenvalue weighted by Crippen LogP contribution is -2.21. The molecular formula is C14H19N5O5S. The molecule has 0 aliphatic carbocycles. The van der Waals surface area contributed by atoms with Crippen molar-refractivity contribution in [2.45, 2.75) is 17.9 Å². The van der Waals surface area contributed by atoms with Gasteiger partial charge in [0.05, 0.1) is 5.03 Å². The van der Waals surface area contributed by atoms with Crippen LogP contribution in [0.5, 0.6) is 0 Å². The molecule has 0 bridgehead atoms. The van der Waals surface area contributed by atoms with Crippen molar-refractivity contribution in [2.24, 2.45) is 11.5 Å². The first kappa shape index (κ1) is 21.9. The number of nitrogens with two attached hydrogens (primary N) is 2. The number of hydrogen-bond donors (Lipinski definition) is 6. The molecule has 0 aliphatic rings.